The molecule has 2 rings (SSSR count). The molecule has 0 spiro atoms. The predicted molar refractivity (Wildman–Crippen MR) is 92.6 cm³/mol. The van der Waals surface area contributed by atoms with Gasteiger partial charge >= 0.3 is 0 Å². The molecular formula is C20H38O2. The van der Waals surface area contributed by atoms with Crippen LogP contribution in [0.15, 0.2) is 0 Å². The van der Waals surface area contributed by atoms with Gasteiger partial charge in [0.25, 0.3) is 0 Å². The molecule has 2 fully saturated rings. The molecule has 2 aliphatic rings. The Morgan fingerprint density at radius 1 is 0.773 bits per heavy atom. The second-order valence-corrected chi connectivity index (χ2v) is 8.28. The first-order valence-corrected chi connectivity index (χ1v) is 9.87. The van der Waals surface area contributed by atoms with Gasteiger partial charge in [0.15, 0.2) is 0 Å². The molecule has 0 aromatic heterocycles. The monoisotopic (exact) mass is 310 g/mol. The maximum Gasteiger partial charge on any atom is 0.0626 e. The lowest BCUT2D eigenvalue weighted by Crippen LogP contribution is -2.44. The lowest BCUT2D eigenvalue weighted by molar-refractivity contribution is -0.0739. The van der Waals surface area contributed by atoms with Crippen molar-refractivity contribution in [1.29, 1.82) is 0 Å². The van der Waals surface area contributed by atoms with Crippen molar-refractivity contribution in [3.05, 3.63) is 0 Å². The van der Waals surface area contributed by atoms with Gasteiger partial charge in [-0.25, -0.2) is 0 Å². The van der Waals surface area contributed by atoms with Gasteiger partial charge in [0, 0.05) is 5.92 Å². The van der Waals surface area contributed by atoms with E-state index in [-0.39, 0.29) is 18.1 Å². The van der Waals surface area contributed by atoms with Gasteiger partial charge < -0.3 is 10.2 Å². The van der Waals surface area contributed by atoms with Crippen molar-refractivity contribution < 1.29 is 10.2 Å². The Balaban J connectivity index is 2.24. The summed E-state index contributed by atoms with van der Waals surface area (Å²) in [5.74, 6) is 2.53. The lowest BCUT2D eigenvalue weighted by Gasteiger charge is -2.39. The van der Waals surface area contributed by atoms with Gasteiger partial charge in [-0.15, -0.1) is 0 Å². The van der Waals surface area contributed by atoms with Gasteiger partial charge in [0.1, 0.15) is 0 Å². The fraction of sp³-hybridized carbons (Fsp3) is 1.00. The number of aliphatic hydroxyl groups is 2. The van der Waals surface area contributed by atoms with E-state index in [1.54, 1.807) is 0 Å². The van der Waals surface area contributed by atoms with Gasteiger partial charge in [0.05, 0.1) is 12.2 Å². The minimum absolute atomic E-state index is 0.114. The van der Waals surface area contributed by atoms with Crippen LogP contribution in [-0.2, 0) is 0 Å². The summed E-state index contributed by atoms with van der Waals surface area (Å²) >= 11 is 0. The van der Waals surface area contributed by atoms with Crippen molar-refractivity contribution in [2.45, 2.75) is 91.3 Å². The van der Waals surface area contributed by atoms with Crippen molar-refractivity contribution in [2.24, 2.45) is 35.5 Å². The van der Waals surface area contributed by atoms with Crippen LogP contribution >= 0.6 is 0 Å². The molecule has 22 heavy (non-hydrogen) atoms. The molecule has 130 valence electrons. The first kappa shape index (κ1) is 18.3. The van der Waals surface area contributed by atoms with Crippen molar-refractivity contribution in [3.8, 4) is 0 Å². The molecule has 0 amide bonds. The number of aliphatic hydroxyl groups excluding tert-OH is 2. The second kappa shape index (κ2) is 8.15. The second-order valence-electron chi connectivity index (χ2n) is 8.28. The van der Waals surface area contributed by atoms with E-state index in [2.05, 4.69) is 27.7 Å². The zero-order valence-corrected chi connectivity index (χ0v) is 15.2. The fourth-order valence-electron chi connectivity index (χ4n) is 5.28. The molecule has 2 saturated carbocycles. The molecule has 0 aromatic rings. The average molecular weight is 311 g/mol. The Bertz CT molecular complexity index is 300. The Hall–Kier alpha value is -0.0800. The Kier molecular flexibility index (Phi) is 6.76. The molecule has 0 heterocycles. The minimum atomic E-state index is -0.304. The first-order valence-electron chi connectivity index (χ1n) is 9.87. The van der Waals surface area contributed by atoms with Crippen molar-refractivity contribution in [2.75, 3.05) is 0 Å². The van der Waals surface area contributed by atoms with Gasteiger partial charge in [-0.2, -0.15) is 0 Å². The maximum atomic E-state index is 11.2. The Morgan fingerprint density at radius 2 is 1.18 bits per heavy atom. The summed E-state index contributed by atoms with van der Waals surface area (Å²) in [4.78, 5) is 0. The van der Waals surface area contributed by atoms with Crippen LogP contribution in [0.4, 0.5) is 0 Å². The zero-order chi connectivity index (χ0) is 16.3. The molecular weight excluding hydrogens is 272 g/mol. The highest BCUT2D eigenvalue weighted by Crippen LogP contribution is 2.46. The van der Waals surface area contributed by atoms with E-state index in [0.29, 0.717) is 29.6 Å². The topological polar surface area (TPSA) is 40.5 Å². The standard InChI is InChI=1S/C20H38O2/c1-5-13(3)16-11-7-9-15-10-8-12-17(14(4)6-2)20(22)18(15)19(16)21/h13-22H,5-12H2,1-4H3/t13?,14?,15?,16-,17-,18?,19?,20?/m1/s1. The summed E-state index contributed by atoms with van der Waals surface area (Å²) in [5, 5.41) is 22.3. The van der Waals surface area contributed by atoms with E-state index in [1.165, 1.54) is 25.7 Å². The number of hydrogen-bond donors (Lipinski definition) is 2. The zero-order valence-electron chi connectivity index (χ0n) is 15.2. The van der Waals surface area contributed by atoms with E-state index in [9.17, 15) is 10.2 Å². The summed E-state index contributed by atoms with van der Waals surface area (Å²) in [6, 6.07) is 0. The van der Waals surface area contributed by atoms with Crippen LogP contribution in [0, 0.1) is 35.5 Å². The van der Waals surface area contributed by atoms with Gasteiger partial charge in [-0.3, -0.25) is 0 Å². The third kappa shape index (κ3) is 3.70. The number of rotatable bonds is 4. The van der Waals surface area contributed by atoms with Crippen LogP contribution in [0.1, 0.15) is 79.1 Å². The highest BCUT2D eigenvalue weighted by atomic mass is 16.3. The molecule has 2 nitrogen and oxygen atoms in total. The molecule has 2 aliphatic carbocycles. The summed E-state index contributed by atoms with van der Waals surface area (Å²) in [6.45, 7) is 9.02. The number of fused-ring (bicyclic) bond motifs is 1. The molecule has 6 atom stereocenters. The molecule has 2 heteroatoms. The predicted octanol–water partition coefficient (Wildman–Crippen LogP) is 4.63. The van der Waals surface area contributed by atoms with Crippen molar-refractivity contribution in [1.82, 2.24) is 0 Å². The number of hydrogen-bond acceptors (Lipinski definition) is 2. The first-order chi connectivity index (χ1) is 10.5. The van der Waals surface area contributed by atoms with Crippen molar-refractivity contribution >= 4 is 0 Å². The van der Waals surface area contributed by atoms with Crippen LogP contribution in [0.5, 0.6) is 0 Å². The Labute approximate surface area is 137 Å². The van der Waals surface area contributed by atoms with E-state index in [0.717, 1.165) is 25.7 Å². The summed E-state index contributed by atoms with van der Waals surface area (Å²) in [7, 11) is 0. The van der Waals surface area contributed by atoms with Gasteiger partial charge in [-0.1, -0.05) is 53.4 Å². The van der Waals surface area contributed by atoms with Crippen LogP contribution in [-0.4, -0.2) is 22.4 Å². The molecule has 0 aromatic carbocycles. The lowest BCUT2D eigenvalue weighted by atomic mass is 9.71. The summed E-state index contributed by atoms with van der Waals surface area (Å²) < 4.78 is 0. The highest BCUT2D eigenvalue weighted by molar-refractivity contribution is 4.95. The minimum Gasteiger partial charge on any atom is -0.392 e. The molecule has 0 radical (unpaired) electrons. The quantitative estimate of drug-likeness (QED) is 0.794. The smallest absolute Gasteiger partial charge is 0.0626 e. The fourth-order valence-corrected chi connectivity index (χ4v) is 5.28. The third-order valence-corrected chi connectivity index (χ3v) is 7.18. The Morgan fingerprint density at radius 3 is 1.55 bits per heavy atom. The van der Waals surface area contributed by atoms with E-state index in [1.807, 2.05) is 0 Å². The molecule has 0 saturated heterocycles. The maximum absolute atomic E-state index is 11.2. The SMILES string of the molecule is CCC(C)[C@H]1CCCC2CCC[C@H](C(C)CC)C(O)C2C1O. The van der Waals surface area contributed by atoms with Crippen LogP contribution < -0.4 is 0 Å². The molecule has 0 bridgehead atoms. The van der Waals surface area contributed by atoms with Gasteiger partial charge in [-0.05, 0) is 55.3 Å². The molecule has 2 N–H and O–H groups in total. The van der Waals surface area contributed by atoms with E-state index < -0.39 is 0 Å². The summed E-state index contributed by atoms with van der Waals surface area (Å²) in [5.41, 5.74) is 0. The summed E-state index contributed by atoms with van der Waals surface area (Å²) in [6.07, 6.45) is 8.81. The van der Waals surface area contributed by atoms with E-state index in [4.69, 9.17) is 0 Å². The van der Waals surface area contributed by atoms with Gasteiger partial charge in [0.2, 0.25) is 0 Å². The van der Waals surface area contributed by atoms with Crippen molar-refractivity contribution in [3.63, 3.8) is 0 Å². The van der Waals surface area contributed by atoms with E-state index >= 15 is 0 Å². The van der Waals surface area contributed by atoms with Crippen LogP contribution in [0.25, 0.3) is 0 Å². The largest absolute Gasteiger partial charge is 0.392 e. The third-order valence-electron chi connectivity index (χ3n) is 7.18. The molecule has 0 aliphatic heterocycles. The molecule has 4 unspecified atom stereocenters. The normalized spacial score (nSPS) is 42.8. The average Bonchev–Trinajstić information content (AvgIpc) is 2.78. The van der Waals surface area contributed by atoms with Crippen LogP contribution in [0.3, 0.4) is 0 Å². The highest BCUT2D eigenvalue weighted by Gasteiger charge is 2.45. The van der Waals surface area contributed by atoms with Crippen LogP contribution in [0.2, 0.25) is 0 Å².